The molecule has 1 aliphatic rings. The fraction of sp³-hybridized carbons (Fsp3) is 0.103. The van der Waals surface area contributed by atoms with Crippen LogP contribution in [-0.4, -0.2) is 56.1 Å². The second kappa shape index (κ2) is 10.1. The summed E-state index contributed by atoms with van der Waals surface area (Å²) in [5.74, 6) is -8.64. The van der Waals surface area contributed by atoms with Gasteiger partial charge in [0.25, 0.3) is 5.91 Å². The molecule has 1 aromatic heterocycles. The molecular weight excluding hydrogens is 526 g/mol. The third kappa shape index (κ3) is 4.37. The number of para-hydroxylation sites is 1. The maximum Gasteiger partial charge on any atom is 0.338 e. The summed E-state index contributed by atoms with van der Waals surface area (Å²) in [7, 11) is 0. The number of carbonyl (C=O) groups is 4. The van der Waals surface area contributed by atoms with Gasteiger partial charge >= 0.3 is 17.9 Å². The lowest BCUT2D eigenvalue weighted by Crippen LogP contribution is -2.63. The third-order valence-corrected chi connectivity index (χ3v) is 6.79. The van der Waals surface area contributed by atoms with Crippen LogP contribution in [0.25, 0.3) is 17.0 Å². The number of rotatable bonds is 6. The van der Waals surface area contributed by atoms with Crippen LogP contribution in [0.3, 0.4) is 0 Å². The number of aromatic nitrogens is 1. The number of ether oxygens (including phenoxy) is 1. The van der Waals surface area contributed by atoms with Gasteiger partial charge in [0.1, 0.15) is 24.2 Å². The van der Waals surface area contributed by atoms with Crippen LogP contribution in [0, 0.1) is 11.6 Å². The van der Waals surface area contributed by atoms with Gasteiger partial charge in [0.05, 0.1) is 5.56 Å². The van der Waals surface area contributed by atoms with Crippen molar-refractivity contribution in [3.63, 3.8) is 0 Å². The number of aliphatic carboxylic acids is 2. The monoisotopic (exact) mass is 546 g/mol. The first-order valence-electron chi connectivity index (χ1n) is 11.9. The molecule has 2 unspecified atom stereocenters. The maximum atomic E-state index is 13.7. The lowest BCUT2D eigenvalue weighted by atomic mass is 9.77. The van der Waals surface area contributed by atoms with Crippen molar-refractivity contribution in [2.75, 3.05) is 6.61 Å². The summed E-state index contributed by atoms with van der Waals surface area (Å²) in [6.45, 7) is -1.09. The summed E-state index contributed by atoms with van der Waals surface area (Å²) in [5, 5.41) is 21.6. The van der Waals surface area contributed by atoms with Gasteiger partial charge in [0, 0.05) is 33.9 Å². The molecule has 0 radical (unpaired) electrons. The van der Waals surface area contributed by atoms with Crippen molar-refractivity contribution >= 4 is 40.8 Å². The molecule has 0 bridgehead atoms. The van der Waals surface area contributed by atoms with Crippen molar-refractivity contribution in [1.29, 1.82) is 0 Å². The molecule has 0 saturated heterocycles. The van der Waals surface area contributed by atoms with Crippen LogP contribution in [0.4, 0.5) is 8.78 Å². The number of nitrogens with zero attached hydrogens (tertiary/aromatic N) is 1. The first-order valence-corrected chi connectivity index (χ1v) is 11.9. The number of amides is 1. The average Bonchev–Trinajstić information content (AvgIpc) is 3.21. The van der Waals surface area contributed by atoms with E-state index >= 15 is 0 Å². The molecule has 0 fully saturated rings. The normalized spacial score (nSPS) is 18.1. The number of halogens is 2. The number of benzene rings is 3. The van der Waals surface area contributed by atoms with E-state index in [2.05, 4.69) is 4.98 Å². The second-order valence-electron chi connectivity index (χ2n) is 9.08. The van der Waals surface area contributed by atoms with Crippen LogP contribution in [0.1, 0.15) is 37.9 Å². The maximum absolute atomic E-state index is 13.7. The minimum atomic E-state index is -2.71. The van der Waals surface area contributed by atoms with Gasteiger partial charge in [0.2, 0.25) is 0 Å². The summed E-state index contributed by atoms with van der Waals surface area (Å²) in [6.07, 6.45) is 2.46. The summed E-state index contributed by atoms with van der Waals surface area (Å²) >= 11 is 0. The van der Waals surface area contributed by atoms with E-state index in [0.717, 1.165) is 54.7 Å². The number of carbonyl (C=O) groups excluding carboxylic acids is 2. The molecule has 0 aliphatic carbocycles. The van der Waals surface area contributed by atoms with Gasteiger partial charge in [-0.05, 0) is 60.7 Å². The standard InChI is InChI=1S/C29H20F2N2O7/c30-18-9-5-16(6-10-18)25(34)33-14-13-22-23(20-3-1-2-4-21(20)32-22)24(26(35)36)29(33,28(38)39)15-40-27(37)17-7-11-19(31)12-8-17/h1-14,24,32H,15H2,(H,35,36)(H,38,39). The number of esters is 1. The van der Waals surface area contributed by atoms with Gasteiger partial charge in [-0.25, -0.2) is 18.4 Å². The molecule has 11 heteroatoms. The Morgan fingerprint density at radius 2 is 1.48 bits per heavy atom. The summed E-state index contributed by atoms with van der Waals surface area (Å²) in [4.78, 5) is 56.5. The van der Waals surface area contributed by atoms with Crippen molar-refractivity contribution in [3.8, 4) is 0 Å². The molecule has 9 nitrogen and oxygen atoms in total. The van der Waals surface area contributed by atoms with Gasteiger partial charge in [-0.2, -0.15) is 0 Å². The predicted octanol–water partition coefficient (Wildman–Crippen LogP) is 4.42. The second-order valence-corrected chi connectivity index (χ2v) is 9.08. The van der Waals surface area contributed by atoms with Crippen LogP contribution in [0.15, 0.2) is 79.0 Å². The first kappa shape index (κ1) is 26.3. The third-order valence-electron chi connectivity index (χ3n) is 6.79. The lowest BCUT2D eigenvalue weighted by Gasteiger charge is -2.41. The number of nitrogens with one attached hydrogen (secondary N) is 1. The number of carboxylic acid groups (broad SMARTS) is 2. The van der Waals surface area contributed by atoms with E-state index in [0.29, 0.717) is 15.8 Å². The van der Waals surface area contributed by atoms with Crippen LogP contribution >= 0.6 is 0 Å². The number of fused-ring (bicyclic) bond motifs is 3. The van der Waals surface area contributed by atoms with E-state index in [1.54, 1.807) is 24.3 Å². The zero-order valence-electron chi connectivity index (χ0n) is 20.5. The minimum Gasteiger partial charge on any atom is -0.481 e. The van der Waals surface area contributed by atoms with Crippen LogP contribution in [-0.2, 0) is 14.3 Å². The zero-order valence-corrected chi connectivity index (χ0v) is 20.5. The highest BCUT2D eigenvalue weighted by Gasteiger charge is 2.59. The Hall–Kier alpha value is -5.32. The van der Waals surface area contributed by atoms with Crippen LogP contribution in [0.5, 0.6) is 0 Å². The van der Waals surface area contributed by atoms with Gasteiger partial charge < -0.3 is 19.9 Å². The average molecular weight is 546 g/mol. The van der Waals surface area contributed by atoms with Crippen LogP contribution < -0.4 is 0 Å². The fourth-order valence-electron chi connectivity index (χ4n) is 4.88. The van der Waals surface area contributed by atoms with Crippen molar-refractivity contribution in [2.45, 2.75) is 11.5 Å². The molecule has 3 aromatic carbocycles. The Morgan fingerprint density at radius 1 is 0.875 bits per heavy atom. The van der Waals surface area contributed by atoms with E-state index in [-0.39, 0.29) is 22.4 Å². The number of hydrogen-bond donors (Lipinski definition) is 3. The summed E-state index contributed by atoms with van der Waals surface area (Å²) in [6, 6.07) is 15.1. The number of hydrogen-bond acceptors (Lipinski definition) is 5. The van der Waals surface area contributed by atoms with Gasteiger partial charge in [-0.1, -0.05) is 18.2 Å². The molecule has 202 valence electrons. The number of H-pyrrole nitrogens is 1. The molecule has 1 amide bonds. The van der Waals surface area contributed by atoms with Gasteiger partial charge in [0.15, 0.2) is 5.54 Å². The molecular formula is C29H20F2N2O7. The lowest BCUT2D eigenvalue weighted by molar-refractivity contribution is -0.160. The van der Waals surface area contributed by atoms with Crippen molar-refractivity contribution < 1.29 is 42.9 Å². The van der Waals surface area contributed by atoms with Crippen molar-refractivity contribution in [2.24, 2.45) is 0 Å². The highest BCUT2D eigenvalue weighted by Crippen LogP contribution is 2.44. The molecule has 0 saturated carbocycles. The Balaban J connectivity index is 1.71. The minimum absolute atomic E-state index is 0.0639. The molecule has 0 spiro atoms. The first-order chi connectivity index (χ1) is 19.1. The van der Waals surface area contributed by atoms with E-state index in [1.165, 1.54) is 6.08 Å². The summed E-state index contributed by atoms with van der Waals surface area (Å²) in [5.41, 5.74) is -2.15. The Kier molecular flexibility index (Phi) is 6.64. The molecule has 3 N–H and O–H groups in total. The predicted molar refractivity (Wildman–Crippen MR) is 137 cm³/mol. The summed E-state index contributed by atoms with van der Waals surface area (Å²) < 4.78 is 32.3. The van der Waals surface area contributed by atoms with Crippen molar-refractivity contribution in [3.05, 3.63) is 113 Å². The van der Waals surface area contributed by atoms with E-state index in [1.807, 2.05) is 0 Å². The molecule has 40 heavy (non-hydrogen) atoms. The van der Waals surface area contributed by atoms with Crippen molar-refractivity contribution in [1.82, 2.24) is 9.88 Å². The molecule has 2 heterocycles. The molecule has 1 aliphatic heterocycles. The highest BCUT2D eigenvalue weighted by molar-refractivity contribution is 6.05. The largest absolute Gasteiger partial charge is 0.481 e. The van der Waals surface area contributed by atoms with E-state index in [9.17, 15) is 38.2 Å². The Labute approximate surface area is 224 Å². The quantitative estimate of drug-likeness (QED) is 0.305. The number of carboxylic acids is 2. The Morgan fingerprint density at radius 3 is 2.08 bits per heavy atom. The molecule has 5 rings (SSSR count). The highest BCUT2D eigenvalue weighted by atomic mass is 19.1. The SMILES string of the molecule is O=C(OCC1(C(=O)O)C(C(=O)O)c2c([nH]c3ccccc23)C=CN1C(=O)c1ccc(F)cc1)c1ccc(F)cc1. The zero-order chi connectivity index (χ0) is 28.6. The van der Waals surface area contributed by atoms with E-state index in [4.69, 9.17) is 4.74 Å². The Bertz CT molecular complexity index is 1680. The van der Waals surface area contributed by atoms with E-state index < -0.39 is 53.5 Å². The fourth-order valence-corrected chi connectivity index (χ4v) is 4.88. The smallest absolute Gasteiger partial charge is 0.338 e. The van der Waals surface area contributed by atoms with Gasteiger partial charge in [-0.15, -0.1) is 0 Å². The molecule has 4 aromatic rings. The van der Waals surface area contributed by atoms with Gasteiger partial charge in [-0.3, -0.25) is 14.5 Å². The topological polar surface area (TPSA) is 137 Å². The molecule has 2 atom stereocenters. The van der Waals surface area contributed by atoms with Crippen LogP contribution in [0.2, 0.25) is 0 Å². The number of aromatic amines is 1.